The summed E-state index contributed by atoms with van der Waals surface area (Å²) in [6, 6.07) is 14.1. The molecule has 0 bridgehead atoms. The lowest BCUT2D eigenvalue weighted by Crippen LogP contribution is -2.49. The number of amides is 1. The molecule has 0 unspecified atom stereocenters. The molecule has 3 rings (SSSR count). The molecule has 0 radical (unpaired) electrons. The maximum Gasteiger partial charge on any atom is 0.256 e. The van der Waals surface area contributed by atoms with E-state index in [0.29, 0.717) is 13.1 Å². The summed E-state index contributed by atoms with van der Waals surface area (Å²) in [7, 11) is 0. The zero-order valence-electron chi connectivity index (χ0n) is 14.6. The number of piperazine rings is 1. The third kappa shape index (κ3) is 4.10. The minimum absolute atomic E-state index is 0.145. The Labute approximate surface area is 147 Å². The van der Waals surface area contributed by atoms with E-state index < -0.39 is 5.82 Å². The molecule has 2 aromatic carbocycles. The standard InChI is InChI=1S/C20H23FN2O2/c1-15(2)25-17-9-7-16(8-10-17)22-11-13-23(14-12-22)20(24)18-5-3-4-6-19(18)21/h3-10,15H,11-14H2,1-2H3. The Kier molecular flexibility index (Phi) is 5.22. The minimum atomic E-state index is -0.462. The van der Waals surface area contributed by atoms with E-state index in [1.54, 1.807) is 17.0 Å². The zero-order valence-corrected chi connectivity index (χ0v) is 14.6. The Morgan fingerprint density at radius 2 is 1.64 bits per heavy atom. The number of ether oxygens (including phenoxy) is 1. The summed E-state index contributed by atoms with van der Waals surface area (Å²) in [5.41, 5.74) is 1.25. The summed E-state index contributed by atoms with van der Waals surface area (Å²) in [5.74, 6) is 0.154. The Morgan fingerprint density at radius 3 is 2.24 bits per heavy atom. The van der Waals surface area contributed by atoms with Crippen molar-refractivity contribution in [2.24, 2.45) is 0 Å². The van der Waals surface area contributed by atoms with Crippen LogP contribution in [0.15, 0.2) is 48.5 Å². The smallest absolute Gasteiger partial charge is 0.256 e. The van der Waals surface area contributed by atoms with Crippen molar-refractivity contribution in [1.29, 1.82) is 0 Å². The van der Waals surface area contributed by atoms with Gasteiger partial charge in [0.2, 0.25) is 0 Å². The number of rotatable bonds is 4. The van der Waals surface area contributed by atoms with Crippen molar-refractivity contribution in [3.05, 3.63) is 59.9 Å². The van der Waals surface area contributed by atoms with Gasteiger partial charge in [0.15, 0.2) is 0 Å². The van der Waals surface area contributed by atoms with Gasteiger partial charge in [0.1, 0.15) is 11.6 Å². The molecular weight excluding hydrogens is 319 g/mol. The summed E-state index contributed by atoms with van der Waals surface area (Å²) in [6.45, 7) is 6.61. The molecule has 132 valence electrons. The van der Waals surface area contributed by atoms with Crippen molar-refractivity contribution in [2.75, 3.05) is 31.1 Å². The second-order valence-corrected chi connectivity index (χ2v) is 6.42. The molecule has 1 aliphatic rings. The highest BCUT2D eigenvalue weighted by atomic mass is 19.1. The van der Waals surface area contributed by atoms with Gasteiger partial charge in [0.25, 0.3) is 5.91 Å². The molecule has 0 atom stereocenters. The van der Waals surface area contributed by atoms with E-state index in [9.17, 15) is 9.18 Å². The average molecular weight is 342 g/mol. The number of hydrogen-bond acceptors (Lipinski definition) is 3. The van der Waals surface area contributed by atoms with Crippen molar-refractivity contribution >= 4 is 11.6 Å². The first-order valence-electron chi connectivity index (χ1n) is 8.60. The van der Waals surface area contributed by atoms with E-state index in [4.69, 9.17) is 4.74 Å². The van der Waals surface area contributed by atoms with E-state index in [-0.39, 0.29) is 17.6 Å². The molecule has 2 aromatic rings. The van der Waals surface area contributed by atoms with Crippen LogP contribution in [0.3, 0.4) is 0 Å². The summed E-state index contributed by atoms with van der Waals surface area (Å²) in [5, 5.41) is 0. The number of halogens is 1. The first kappa shape index (κ1) is 17.3. The van der Waals surface area contributed by atoms with Gasteiger partial charge in [0.05, 0.1) is 11.7 Å². The van der Waals surface area contributed by atoms with Gasteiger partial charge >= 0.3 is 0 Å². The Morgan fingerprint density at radius 1 is 1.00 bits per heavy atom. The third-order valence-corrected chi connectivity index (χ3v) is 4.24. The highest BCUT2D eigenvalue weighted by Crippen LogP contribution is 2.22. The maximum atomic E-state index is 13.8. The van der Waals surface area contributed by atoms with Crippen molar-refractivity contribution in [2.45, 2.75) is 20.0 Å². The lowest BCUT2D eigenvalue weighted by atomic mass is 10.1. The Balaban J connectivity index is 1.60. The second-order valence-electron chi connectivity index (χ2n) is 6.42. The molecule has 1 amide bonds. The third-order valence-electron chi connectivity index (χ3n) is 4.24. The van der Waals surface area contributed by atoms with Gasteiger partial charge in [-0.25, -0.2) is 4.39 Å². The monoisotopic (exact) mass is 342 g/mol. The van der Waals surface area contributed by atoms with Crippen LogP contribution in [0.4, 0.5) is 10.1 Å². The first-order chi connectivity index (χ1) is 12.0. The fourth-order valence-corrected chi connectivity index (χ4v) is 2.98. The van der Waals surface area contributed by atoms with Crippen LogP contribution in [0.5, 0.6) is 5.75 Å². The lowest BCUT2D eigenvalue weighted by Gasteiger charge is -2.36. The minimum Gasteiger partial charge on any atom is -0.491 e. The molecule has 25 heavy (non-hydrogen) atoms. The van der Waals surface area contributed by atoms with Crippen LogP contribution in [0.1, 0.15) is 24.2 Å². The van der Waals surface area contributed by atoms with Crippen molar-refractivity contribution in [3.8, 4) is 5.75 Å². The number of anilines is 1. The molecule has 4 nitrogen and oxygen atoms in total. The van der Waals surface area contributed by atoms with Crippen LogP contribution >= 0.6 is 0 Å². The molecular formula is C20H23FN2O2. The lowest BCUT2D eigenvalue weighted by molar-refractivity contribution is 0.0742. The average Bonchev–Trinajstić information content (AvgIpc) is 2.62. The van der Waals surface area contributed by atoms with Gasteiger partial charge in [-0.05, 0) is 50.2 Å². The van der Waals surface area contributed by atoms with Crippen LogP contribution in [-0.4, -0.2) is 43.1 Å². The molecule has 1 saturated heterocycles. The second kappa shape index (κ2) is 7.55. The fourth-order valence-electron chi connectivity index (χ4n) is 2.98. The van der Waals surface area contributed by atoms with Crippen LogP contribution in [-0.2, 0) is 0 Å². The van der Waals surface area contributed by atoms with E-state index in [1.807, 2.05) is 38.1 Å². The summed E-state index contributed by atoms with van der Waals surface area (Å²) in [4.78, 5) is 16.4. The molecule has 0 spiro atoms. The van der Waals surface area contributed by atoms with Gasteiger partial charge in [-0.1, -0.05) is 12.1 Å². The molecule has 5 heteroatoms. The van der Waals surface area contributed by atoms with Crippen molar-refractivity contribution in [1.82, 2.24) is 4.90 Å². The highest BCUT2D eigenvalue weighted by Gasteiger charge is 2.24. The highest BCUT2D eigenvalue weighted by molar-refractivity contribution is 5.94. The van der Waals surface area contributed by atoms with E-state index >= 15 is 0 Å². The molecule has 1 heterocycles. The summed E-state index contributed by atoms with van der Waals surface area (Å²) >= 11 is 0. The predicted molar refractivity (Wildman–Crippen MR) is 96.7 cm³/mol. The number of carbonyl (C=O) groups excluding carboxylic acids is 1. The van der Waals surface area contributed by atoms with Gasteiger partial charge < -0.3 is 14.5 Å². The largest absolute Gasteiger partial charge is 0.491 e. The van der Waals surface area contributed by atoms with Crippen molar-refractivity contribution < 1.29 is 13.9 Å². The molecule has 0 saturated carbocycles. The normalized spacial score (nSPS) is 14.7. The number of hydrogen-bond donors (Lipinski definition) is 0. The summed E-state index contributed by atoms with van der Waals surface area (Å²) in [6.07, 6.45) is 0.152. The molecule has 0 aliphatic carbocycles. The molecule has 0 N–H and O–H groups in total. The van der Waals surface area contributed by atoms with Gasteiger partial charge in [0, 0.05) is 31.9 Å². The number of carbonyl (C=O) groups is 1. The predicted octanol–water partition coefficient (Wildman–Crippen LogP) is 3.58. The van der Waals surface area contributed by atoms with E-state index in [1.165, 1.54) is 12.1 Å². The van der Waals surface area contributed by atoms with Gasteiger partial charge in [-0.2, -0.15) is 0 Å². The Hall–Kier alpha value is -2.56. The van der Waals surface area contributed by atoms with Crippen molar-refractivity contribution in [3.63, 3.8) is 0 Å². The van der Waals surface area contributed by atoms with Gasteiger partial charge in [-0.3, -0.25) is 4.79 Å². The van der Waals surface area contributed by atoms with Crippen LogP contribution in [0.2, 0.25) is 0 Å². The Bertz CT molecular complexity index is 723. The molecule has 0 aromatic heterocycles. The van der Waals surface area contributed by atoms with Crippen LogP contribution in [0.25, 0.3) is 0 Å². The van der Waals surface area contributed by atoms with E-state index in [0.717, 1.165) is 24.5 Å². The SMILES string of the molecule is CC(C)Oc1ccc(N2CCN(C(=O)c3ccccc3F)CC2)cc1. The topological polar surface area (TPSA) is 32.8 Å². The first-order valence-corrected chi connectivity index (χ1v) is 8.60. The van der Waals surface area contributed by atoms with Crippen LogP contribution in [0, 0.1) is 5.82 Å². The fraction of sp³-hybridized carbons (Fsp3) is 0.350. The molecule has 1 fully saturated rings. The molecule has 1 aliphatic heterocycles. The maximum absolute atomic E-state index is 13.8. The van der Waals surface area contributed by atoms with E-state index in [2.05, 4.69) is 4.90 Å². The number of nitrogens with zero attached hydrogens (tertiary/aromatic N) is 2. The quantitative estimate of drug-likeness (QED) is 0.851. The zero-order chi connectivity index (χ0) is 17.8. The van der Waals surface area contributed by atoms with Crippen LogP contribution < -0.4 is 9.64 Å². The van der Waals surface area contributed by atoms with Gasteiger partial charge in [-0.15, -0.1) is 0 Å². The summed E-state index contributed by atoms with van der Waals surface area (Å²) < 4.78 is 19.5. The number of benzene rings is 2.